The Kier molecular flexibility index (Phi) is 30.2. The van der Waals surface area contributed by atoms with Crippen molar-refractivity contribution >= 4 is 39.3 Å². The summed E-state index contributed by atoms with van der Waals surface area (Å²) in [5.41, 5.74) is 0. The maximum absolute atomic E-state index is 14.4. The van der Waals surface area contributed by atoms with E-state index in [0.717, 1.165) is 160 Å². The lowest BCUT2D eigenvalue weighted by Gasteiger charge is -2.19. The second-order valence-electron chi connectivity index (χ2n) is 16.9. The van der Waals surface area contributed by atoms with Gasteiger partial charge in [0.05, 0.1) is 37.7 Å². The molecule has 0 aromatic heterocycles. The van der Waals surface area contributed by atoms with E-state index in [9.17, 15) is 33.7 Å². The average Bonchev–Trinajstić information content (AvgIpc) is 3.18. The molecule has 1 aromatic rings. The number of benzene rings is 1. The lowest BCUT2D eigenvalue weighted by Crippen LogP contribution is -2.22. The van der Waals surface area contributed by atoms with Crippen LogP contribution in [0.5, 0.6) is 0 Å². The first-order chi connectivity index (χ1) is 27.7. The number of rotatable bonds is 40. The summed E-state index contributed by atoms with van der Waals surface area (Å²) in [6.07, 6.45) is 29.1. The van der Waals surface area contributed by atoms with Crippen LogP contribution in [0.3, 0.4) is 0 Å². The molecular formula is C46H86O8S4. The molecule has 0 atom stereocenters. The molecule has 12 heteroatoms. The van der Waals surface area contributed by atoms with E-state index in [0.29, 0.717) is 32.1 Å². The first-order valence-corrected chi connectivity index (χ1v) is 30.4. The summed E-state index contributed by atoms with van der Waals surface area (Å²) < 4.78 is 114. The van der Waals surface area contributed by atoms with Crippen LogP contribution in [0.25, 0.3) is 0 Å². The smallest absolute Gasteiger partial charge is 0.180 e. The quantitative estimate of drug-likeness (QED) is 0.0594. The number of hydrogen-bond acceptors (Lipinski definition) is 8. The van der Waals surface area contributed by atoms with E-state index < -0.39 is 64.7 Å². The Hall–Kier alpha value is -0.980. The highest BCUT2D eigenvalue weighted by atomic mass is 32.2. The molecule has 1 rings (SSSR count). The zero-order chi connectivity index (χ0) is 43.2. The van der Waals surface area contributed by atoms with E-state index in [1.54, 1.807) is 0 Å². The van der Waals surface area contributed by atoms with Gasteiger partial charge in [0.2, 0.25) is 0 Å². The van der Waals surface area contributed by atoms with Gasteiger partial charge in [0.25, 0.3) is 0 Å². The van der Waals surface area contributed by atoms with Gasteiger partial charge in [-0.2, -0.15) is 0 Å². The van der Waals surface area contributed by atoms with Crippen molar-refractivity contribution in [3.63, 3.8) is 0 Å². The summed E-state index contributed by atoms with van der Waals surface area (Å²) >= 11 is 0. The van der Waals surface area contributed by atoms with Crippen LogP contribution in [0.1, 0.15) is 233 Å². The van der Waals surface area contributed by atoms with Crippen molar-refractivity contribution in [3.8, 4) is 0 Å². The highest BCUT2D eigenvalue weighted by Gasteiger charge is 2.36. The third kappa shape index (κ3) is 23.3. The minimum Gasteiger partial charge on any atom is -0.224 e. The summed E-state index contributed by atoms with van der Waals surface area (Å²) in [6, 6.07) is 1.96. The van der Waals surface area contributed by atoms with Gasteiger partial charge in [-0.05, 0) is 37.8 Å². The lowest BCUT2D eigenvalue weighted by molar-refractivity contribution is 0.557. The normalized spacial score (nSPS) is 12.8. The van der Waals surface area contributed by atoms with E-state index in [1.165, 1.54) is 6.42 Å². The molecule has 0 spiro atoms. The Bertz CT molecular complexity index is 1580. The van der Waals surface area contributed by atoms with Crippen LogP contribution in [-0.2, 0) is 39.3 Å². The summed E-state index contributed by atoms with van der Waals surface area (Å²) in [5.74, 6) is -1.41. The second kappa shape index (κ2) is 31.8. The highest BCUT2D eigenvalue weighted by Crippen LogP contribution is 2.36. The maximum atomic E-state index is 14.4. The number of sulfone groups is 4. The topological polar surface area (TPSA) is 137 Å². The van der Waals surface area contributed by atoms with Crippen LogP contribution in [0.15, 0.2) is 31.7 Å². The largest absolute Gasteiger partial charge is 0.224 e. The molecule has 0 aliphatic carbocycles. The van der Waals surface area contributed by atoms with Crippen LogP contribution in [0.4, 0.5) is 0 Å². The van der Waals surface area contributed by atoms with Crippen molar-refractivity contribution in [2.45, 2.75) is 253 Å². The Morgan fingerprint density at radius 2 is 0.483 bits per heavy atom. The molecule has 0 N–H and O–H groups in total. The fourth-order valence-electron chi connectivity index (χ4n) is 7.64. The van der Waals surface area contributed by atoms with Crippen LogP contribution in [-0.4, -0.2) is 56.7 Å². The Morgan fingerprint density at radius 1 is 0.276 bits per heavy atom. The van der Waals surface area contributed by atoms with Gasteiger partial charge >= 0.3 is 0 Å². The van der Waals surface area contributed by atoms with E-state index in [1.807, 2.05) is 0 Å². The van der Waals surface area contributed by atoms with Crippen LogP contribution < -0.4 is 0 Å². The number of unbranched alkanes of at least 4 members (excludes halogenated alkanes) is 28. The molecular weight excluding hydrogens is 809 g/mol. The van der Waals surface area contributed by atoms with Crippen molar-refractivity contribution < 1.29 is 33.7 Å². The van der Waals surface area contributed by atoms with Gasteiger partial charge in [-0.1, -0.05) is 207 Å². The molecule has 342 valence electrons. The molecule has 0 aliphatic rings. The van der Waals surface area contributed by atoms with Crippen molar-refractivity contribution in [2.75, 3.05) is 23.0 Å². The number of hydrogen-bond donors (Lipinski definition) is 0. The molecule has 0 unspecified atom stereocenters. The van der Waals surface area contributed by atoms with E-state index >= 15 is 0 Å². The monoisotopic (exact) mass is 895 g/mol. The fourth-order valence-corrected chi connectivity index (χ4v) is 15.3. The summed E-state index contributed by atoms with van der Waals surface area (Å²) in [5, 5.41) is 0. The SMILES string of the molecule is CCCCCCCCCCS(=O)(=O)c1cc(S(=O)(=O)CCCCCCCCCC)c(S(=O)(=O)CCCCCCCCCC)c(S(=O)(=O)CCCCCCCCCC)c1. The van der Waals surface area contributed by atoms with Crippen molar-refractivity contribution in [1.29, 1.82) is 0 Å². The predicted molar refractivity (Wildman–Crippen MR) is 245 cm³/mol. The van der Waals surface area contributed by atoms with Gasteiger partial charge in [0, 0.05) is 0 Å². The molecule has 0 amide bonds. The predicted octanol–water partition coefficient (Wildman–Crippen LogP) is 13.3. The van der Waals surface area contributed by atoms with E-state index in [2.05, 4.69) is 27.7 Å². The molecule has 0 radical (unpaired) electrons. The fraction of sp³-hybridized carbons (Fsp3) is 0.870. The minimum atomic E-state index is -4.43. The third-order valence-electron chi connectivity index (χ3n) is 11.4. The second-order valence-corrected chi connectivity index (χ2v) is 25.2. The Morgan fingerprint density at radius 3 is 0.741 bits per heavy atom. The molecule has 0 aliphatic heterocycles. The summed E-state index contributed by atoms with van der Waals surface area (Å²) in [6.45, 7) is 8.61. The first kappa shape index (κ1) is 55.0. The van der Waals surface area contributed by atoms with Crippen LogP contribution >= 0.6 is 0 Å². The summed E-state index contributed by atoms with van der Waals surface area (Å²) in [7, 11) is -17.3. The standard InChI is InChI=1S/C46H86O8S4/c1-5-9-13-17-21-25-29-33-37-55(47,48)43-41-44(56(49,50)38-34-30-26-22-18-14-10-6-2)46(58(53,54)40-36-32-28-24-20-16-12-8-4)45(42-43)57(51,52)39-35-31-27-23-19-15-11-7-3/h41-42H,5-40H2,1-4H3. The van der Waals surface area contributed by atoms with Gasteiger partial charge in [-0.25, -0.2) is 33.7 Å². The van der Waals surface area contributed by atoms with Gasteiger partial charge in [-0.3, -0.25) is 0 Å². The Balaban J connectivity index is 3.59. The first-order valence-electron chi connectivity index (χ1n) is 23.8. The van der Waals surface area contributed by atoms with Gasteiger partial charge in [0.15, 0.2) is 39.3 Å². The molecule has 8 nitrogen and oxygen atoms in total. The molecule has 0 saturated carbocycles. The van der Waals surface area contributed by atoms with Crippen LogP contribution in [0, 0.1) is 0 Å². The van der Waals surface area contributed by atoms with Crippen molar-refractivity contribution in [3.05, 3.63) is 12.1 Å². The Labute approximate surface area is 359 Å². The van der Waals surface area contributed by atoms with Crippen LogP contribution in [0.2, 0.25) is 0 Å². The van der Waals surface area contributed by atoms with Gasteiger partial charge in [0.1, 0.15) is 4.90 Å². The maximum Gasteiger partial charge on any atom is 0.180 e. The zero-order valence-electron chi connectivity index (χ0n) is 37.5. The lowest BCUT2D eigenvalue weighted by atomic mass is 10.1. The summed E-state index contributed by atoms with van der Waals surface area (Å²) in [4.78, 5) is -2.42. The minimum absolute atomic E-state index is 0.263. The molecule has 0 fully saturated rings. The third-order valence-corrected chi connectivity index (χ3v) is 19.0. The van der Waals surface area contributed by atoms with Crippen molar-refractivity contribution in [2.24, 2.45) is 0 Å². The molecule has 1 aromatic carbocycles. The zero-order valence-corrected chi connectivity index (χ0v) is 40.8. The highest BCUT2D eigenvalue weighted by molar-refractivity contribution is 7.96. The average molecular weight is 895 g/mol. The van der Waals surface area contributed by atoms with Crippen molar-refractivity contribution in [1.82, 2.24) is 0 Å². The molecule has 0 heterocycles. The molecule has 0 saturated heterocycles. The molecule has 58 heavy (non-hydrogen) atoms. The van der Waals surface area contributed by atoms with Gasteiger partial charge in [-0.15, -0.1) is 0 Å². The molecule has 0 bridgehead atoms. The van der Waals surface area contributed by atoms with E-state index in [-0.39, 0.29) is 36.5 Å². The van der Waals surface area contributed by atoms with Gasteiger partial charge < -0.3 is 0 Å². The van der Waals surface area contributed by atoms with E-state index in [4.69, 9.17) is 0 Å².